The van der Waals surface area contributed by atoms with Crippen molar-refractivity contribution in [2.45, 2.75) is 27.3 Å². The minimum absolute atomic E-state index is 0.239. The van der Waals surface area contributed by atoms with E-state index in [-0.39, 0.29) is 5.88 Å². The average molecular weight is 289 g/mol. The summed E-state index contributed by atoms with van der Waals surface area (Å²) < 4.78 is 12.4. The van der Waals surface area contributed by atoms with E-state index in [2.05, 4.69) is 5.10 Å². The second-order valence-electron chi connectivity index (χ2n) is 4.55. The first-order valence-electron chi connectivity index (χ1n) is 6.83. The third-order valence-electron chi connectivity index (χ3n) is 2.95. The zero-order valence-electron chi connectivity index (χ0n) is 12.4. The topological polar surface area (TPSA) is 79.4 Å². The molecule has 0 aliphatic heterocycles. The zero-order chi connectivity index (χ0) is 15.4. The van der Waals surface area contributed by atoms with Gasteiger partial charge in [-0.2, -0.15) is 0 Å². The van der Waals surface area contributed by atoms with Crippen LogP contribution < -0.4 is 10.5 Å². The van der Waals surface area contributed by atoms with Gasteiger partial charge in [-0.25, -0.2) is 4.79 Å². The van der Waals surface area contributed by atoms with Gasteiger partial charge in [-0.1, -0.05) is 0 Å². The molecule has 1 heterocycles. The number of rotatable bonds is 5. The number of nitrogen functional groups attached to an aromatic ring is 1. The lowest BCUT2D eigenvalue weighted by Crippen LogP contribution is -2.05. The Morgan fingerprint density at radius 3 is 2.76 bits per heavy atom. The van der Waals surface area contributed by atoms with Crippen molar-refractivity contribution in [2.24, 2.45) is 0 Å². The largest absolute Gasteiger partial charge is 0.462 e. The average Bonchev–Trinajstić information content (AvgIpc) is 2.85. The first-order valence-corrected chi connectivity index (χ1v) is 6.83. The number of carbonyl (C=O) groups excluding carboxylic acids is 1. The summed E-state index contributed by atoms with van der Waals surface area (Å²) in [6.45, 7) is 6.51. The molecule has 0 spiro atoms. The van der Waals surface area contributed by atoms with Gasteiger partial charge in [0.1, 0.15) is 11.3 Å². The number of ether oxygens (including phenoxy) is 2. The number of hydrogen-bond donors (Lipinski definition) is 1. The highest BCUT2D eigenvalue weighted by molar-refractivity contribution is 5.91. The molecule has 1 aromatic carbocycles. The molecule has 0 amide bonds. The van der Waals surface area contributed by atoms with Crippen LogP contribution in [0.3, 0.4) is 0 Å². The summed E-state index contributed by atoms with van der Waals surface area (Å²) in [6.07, 6.45) is 1.62. The number of aromatic nitrogens is 2. The van der Waals surface area contributed by atoms with Gasteiger partial charge in [0.15, 0.2) is 0 Å². The van der Waals surface area contributed by atoms with Gasteiger partial charge in [0, 0.05) is 18.4 Å². The molecule has 2 rings (SSSR count). The van der Waals surface area contributed by atoms with E-state index in [9.17, 15) is 4.79 Å². The maximum atomic E-state index is 11.9. The van der Waals surface area contributed by atoms with Crippen molar-refractivity contribution in [2.75, 3.05) is 12.3 Å². The van der Waals surface area contributed by atoms with Crippen molar-refractivity contribution in [3.8, 4) is 11.6 Å². The minimum Gasteiger partial charge on any atom is -0.462 e. The number of anilines is 1. The maximum absolute atomic E-state index is 11.9. The molecule has 0 fully saturated rings. The Bertz CT molecular complexity index is 650. The van der Waals surface area contributed by atoms with Gasteiger partial charge >= 0.3 is 5.97 Å². The zero-order valence-corrected chi connectivity index (χ0v) is 12.4. The molecule has 6 nitrogen and oxygen atoms in total. The lowest BCUT2D eigenvalue weighted by atomic mass is 10.2. The van der Waals surface area contributed by atoms with E-state index in [1.165, 1.54) is 0 Å². The lowest BCUT2D eigenvalue weighted by Gasteiger charge is -2.08. The molecule has 1 aromatic heterocycles. The molecule has 2 N–H and O–H groups in total. The smallest absolute Gasteiger partial charge is 0.345 e. The van der Waals surface area contributed by atoms with Crippen LogP contribution in [-0.2, 0) is 11.3 Å². The van der Waals surface area contributed by atoms with Gasteiger partial charge in [-0.3, -0.25) is 4.68 Å². The molecule has 0 aliphatic rings. The Morgan fingerprint density at radius 1 is 1.38 bits per heavy atom. The fourth-order valence-electron chi connectivity index (χ4n) is 1.88. The van der Waals surface area contributed by atoms with Gasteiger partial charge in [-0.05, 0) is 44.5 Å². The van der Waals surface area contributed by atoms with E-state index in [1.54, 1.807) is 36.0 Å². The predicted molar refractivity (Wildman–Crippen MR) is 79.5 cm³/mol. The molecule has 0 unspecified atom stereocenters. The highest BCUT2D eigenvalue weighted by Crippen LogP contribution is 2.28. The molecule has 2 aromatic rings. The summed E-state index contributed by atoms with van der Waals surface area (Å²) in [6, 6.07) is 5.30. The van der Waals surface area contributed by atoms with E-state index in [4.69, 9.17) is 15.2 Å². The first-order chi connectivity index (χ1) is 10.0. The van der Waals surface area contributed by atoms with Gasteiger partial charge in [-0.15, -0.1) is 5.10 Å². The minimum atomic E-state index is -0.444. The van der Waals surface area contributed by atoms with Crippen LogP contribution in [0.1, 0.15) is 29.8 Å². The van der Waals surface area contributed by atoms with Crippen molar-refractivity contribution in [3.63, 3.8) is 0 Å². The van der Waals surface area contributed by atoms with E-state index >= 15 is 0 Å². The summed E-state index contributed by atoms with van der Waals surface area (Å²) in [5.41, 5.74) is 7.56. The molecule has 0 saturated heterocycles. The van der Waals surface area contributed by atoms with E-state index in [0.717, 1.165) is 5.56 Å². The van der Waals surface area contributed by atoms with Crippen LogP contribution in [0.25, 0.3) is 0 Å². The normalized spacial score (nSPS) is 10.4. The van der Waals surface area contributed by atoms with Gasteiger partial charge in [0.25, 0.3) is 5.88 Å². The van der Waals surface area contributed by atoms with Crippen LogP contribution >= 0.6 is 0 Å². The molecule has 112 valence electrons. The lowest BCUT2D eigenvalue weighted by molar-refractivity contribution is 0.0523. The van der Waals surface area contributed by atoms with Crippen LogP contribution in [0.15, 0.2) is 24.4 Å². The standard InChI is InChI=1S/C15H19N3O3/c1-4-18-9-12(15(19)20-5-2)14(17-18)21-13-7-6-11(16)8-10(13)3/h6-9H,4-5,16H2,1-3H3. The molecule has 0 saturated carbocycles. The summed E-state index contributed by atoms with van der Waals surface area (Å²) in [7, 11) is 0. The molecular formula is C15H19N3O3. The monoisotopic (exact) mass is 289 g/mol. The second kappa shape index (κ2) is 6.30. The Morgan fingerprint density at radius 2 is 2.14 bits per heavy atom. The SMILES string of the molecule is CCOC(=O)c1cn(CC)nc1Oc1ccc(N)cc1C. The van der Waals surface area contributed by atoms with E-state index < -0.39 is 5.97 Å². The molecular weight excluding hydrogens is 270 g/mol. The fourth-order valence-corrected chi connectivity index (χ4v) is 1.88. The van der Waals surface area contributed by atoms with E-state index in [0.29, 0.717) is 30.2 Å². The van der Waals surface area contributed by atoms with Crippen LogP contribution in [0.5, 0.6) is 11.6 Å². The molecule has 0 aliphatic carbocycles. The summed E-state index contributed by atoms with van der Waals surface area (Å²) in [5, 5.41) is 4.25. The Hall–Kier alpha value is -2.50. The first kappa shape index (κ1) is 14.9. The number of nitrogens with zero attached hydrogens (tertiary/aromatic N) is 2. The summed E-state index contributed by atoms with van der Waals surface area (Å²) >= 11 is 0. The highest BCUT2D eigenvalue weighted by atomic mass is 16.5. The molecule has 0 atom stereocenters. The maximum Gasteiger partial charge on any atom is 0.345 e. The molecule has 0 bridgehead atoms. The molecule has 21 heavy (non-hydrogen) atoms. The second-order valence-corrected chi connectivity index (χ2v) is 4.55. The van der Waals surface area contributed by atoms with Crippen molar-refractivity contribution in [1.82, 2.24) is 9.78 Å². The Kier molecular flexibility index (Phi) is 4.47. The van der Waals surface area contributed by atoms with Crippen molar-refractivity contribution in [3.05, 3.63) is 35.5 Å². The van der Waals surface area contributed by atoms with Crippen LogP contribution in [-0.4, -0.2) is 22.4 Å². The van der Waals surface area contributed by atoms with Crippen LogP contribution in [0.4, 0.5) is 5.69 Å². The number of benzene rings is 1. The fraction of sp³-hybridized carbons (Fsp3) is 0.333. The quantitative estimate of drug-likeness (QED) is 0.676. The number of carbonyl (C=O) groups is 1. The predicted octanol–water partition coefficient (Wildman–Crippen LogP) is 2.76. The van der Waals surface area contributed by atoms with E-state index in [1.807, 2.05) is 13.8 Å². The molecule has 0 radical (unpaired) electrons. The van der Waals surface area contributed by atoms with Crippen LogP contribution in [0.2, 0.25) is 0 Å². The Balaban J connectivity index is 2.34. The molecule has 6 heteroatoms. The van der Waals surface area contributed by atoms with Crippen molar-refractivity contribution < 1.29 is 14.3 Å². The van der Waals surface area contributed by atoms with Gasteiger partial charge in [0.05, 0.1) is 6.61 Å². The van der Waals surface area contributed by atoms with Crippen molar-refractivity contribution >= 4 is 11.7 Å². The third kappa shape index (κ3) is 3.34. The summed E-state index contributed by atoms with van der Waals surface area (Å²) in [5.74, 6) is 0.402. The summed E-state index contributed by atoms with van der Waals surface area (Å²) in [4.78, 5) is 11.9. The number of hydrogen-bond acceptors (Lipinski definition) is 5. The van der Waals surface area contributed by atoms with Crippen molar-refractivity contribution in [1.29, 1.82) is 0 Å². The third-order valence-corrected chi connectivity index (χ3v) is 2.95. The Labute approximate surface area is 123 Å². The number of nitrogens with two attached hydrogens (primary N) is 1. The van der Waals surface area contributed by atoms with Crippen LogP contribution in [0, 0.1) is 6.92 Å². The number of esters is 1. The van der Waals surface area contributed by atoms with Gasteiger partial charge < -0.3 is 15.2 Å². The number of aryl methyl sites for hydroxylation is 2. The van der Waals surface area contributed by atoms with Gasteiger partial charge in [0.2, 0.25) is 0 Å². The highest BCUT2D eigenvalue weighted by Gasteiger charge is 2.19.